The smallest absolute Gasteiger partial charge is 0.326 e. The number of likely N-dealkylation sites (tertiary alicyclic amines) is 1. The fourth-order valence-electron chi connectivity index (χ4n) is 2.63. The molecule has 0 aromatic carbocycles. The lowest BCUT2D eigenvalue weighted by atomic mass is 10.1. The second kappa shape index (κ2) is 8.64. The second-order valence-corrected chi connectivity index (χ2v) is 5.54. The van der Waals surface area contributed by atoms with Gasteiger partial charge in [-0.1, -0.05) is 26.7 Å². The number of hydrogen-bond acceptors (Lipinski definition) is 3. The molecule has 1 aliphatic rings. The first-order valence-electron chi connectivity index (χ1n) is 7.83. The van der Waals surface area contributed by atoms with Crippen molar-refractivity contribution in [3.05, 3.63) is 0 Å². The Bertz CT molecular complexity index is 384. The molecule has 1 saturated heterocycles. The van der Waals surface area contributed by atoms with Crippen LogP contribution in [0.2, 0.25) is 0 Å². The molecule has 1 fully saturated rings. The molecule has 0 spiro atoms. The van der Waals surface area contributed by atoms with Gasteiger partial charge in [-0.15, -0.1) is 0 Å². The van der Waals surface area contributed by atoms with Gasteiger partial charge in [0.1, 0.15) is 12.1 Å². The minimum absolute atomic E-state index is 0.0180. The van der Waals surface area contributed by atoms with Gasteiger partial charge in [0.15, 0.2) is 0 Å². The zero-order valence-electron chi connectivity index (χ0n) is 12.9. The van der Waals surface area contributed by atoms with E-state index in [0.717, 1.165) is 25.7 Å². The number of rotatable bonds is 8. The van der Waals surface area contributed by atoms with Gasteiger partial charge in [-0.25, -0.2) is 4.79 Å². The van der Waals surface area contributed by atoms with Gasteiger partial charge in [-0.3, -0.25) is 9.59 Å². The van der Waals surface area contributed by atoms with E-state index in [0.29, 0.717) is 25.8 Å². The number of carboxylic acid groups (broad SMARTS) is 1. The lowest BCUT2D eigenvalue weighted by molar-refractivity contribution is -0.144. The first-order valence-corrected chi connectivity index (χ1v) is 7.83. The number of carbonyl (C=O) groups is 3. The highest BCUT2D eigenvalue weighted by molar-refractivity contribution is 5.90. The average Bonchev–Trinajstić information content (AvgIpc) is 2.92. The molecule has 6 nitrogen and oxygen atoms in total. The predicted molar refractivity (Wildman–Crippen MR) is 78.7 cm³/mol. The van der Waals surface area contributed by atoms with Gasteiger partial charge in [0.05, 0.1) is 0 Å². The second-order valence-electron chi connectivity index (χ2n) is 5.54. The predicted octanol–water partition coefficient (Wildman–Crippen LogP) is 1.54. The van der Waals surface area contributed by atoms with Crippen LogP contribution in [-0.4, -0.2) is 46.4 Å². The van der Waals surface area contributed by atoms with Crippen molar-refractivity contribution < 1.29 is 19.5 Å². The summed E-state index contributed by atoms with van der Waals surface area (Å²) in [5.74, 6) is -1.36. The van der Waals surface area contributed by atoms with Crippen LogP contribution in [0.1, 0.15) is 58.8 Å². The first-order chi connectivity index (χ1) is 10.0. The van der Waals surface area contributed by atoms with Crippen LogP contribution in [0.25, 0.3) is 0 Å². The average molecular weight is 298 g/mol. The zero-order valence-corrected chi connectivity index (χ0v) is 12.9. The third kappa shape index (κ3) is 5.02. The summed E-state index contributed by atoms with van der Waals surface area (Å²) in [6.45, 7) is 4.49. The Labute approximate surface area is 125 Å². The molecular formula is C15H26N2O4. The molecule has 6 heteroatoms. The highest BCUT2D eigenvalue weighted by Gasteiger charge is 2.35. The summed E-state index contributed by atoms with van der Waals surface area (Å²) in [7, 11) is 0. The van der Waals surface area contributed by atoms with Gasteiger partial charge in [0.2, 0.25) is 11.8 Å². The maximum atomic E-state index is 12.3. The van der Waals surface area contributed by atoms with Crippen molar-refractivity contribution in [2.45, 2.75) is 70.9 Å². The molecular weight excluding hydrogens is 272 g/mol. The Hall–Kier alpha value is -1.59. The quantitative estimate of drug-likeness (QED) is 0.711. The van der Waals surface area contributed by atoms with Crippen molar-refractivity contribution in [3.63, 3.8) is 0 Å². The summed E-state index contributed by atoms with van der Waals surface area (Å²) < 4.78 is 0. The van der Waals surface area contributed by atoms with Gasteiger partial charge in [-0.05, 0) is 25.7 Å². The largest absolute Gasteiger partial charge is 0.480 e. The maximum Gasteiger partial charge on any atom is 0.326 e. The van der Waals surface area contributed by atoms with Gasteiger partial charge in [0, 0.05) is 13.0 Å². The Kier molecular flexibility index (Phi) is 7.19. The lowest BCUT2D eigenvalue weighted by Gasteiger charge is -2.25. The van der Waals surface area contributed by atoms with Gasteiger partial charge in [-0.2, -0.15) is 0 Å². The Balaban J connectivity index is 2.63. The molecule has 1 rings (SSSR count). The van der Waals surface area contributed by atoms with Crippen molar-refractivity contribution in [1.82, 2.24) is 10.2 Å². The van der Waals surface area contributed by atoms with Crippen molar-refractivity contribution in [3.8, 4) is 0 Å². The van der Waals surface area contributed by atoms with E-state index in [1.165, 1.54) is 0 Å². The molecule has 0 radical (unpaired) electrons. The summed E-state index contributed by atoms with van der Waals surface area (Å²) in [6, 6.07) is -1.37. The van der Waals surface area contributed by atoms with Crippen LogP contribution in [-0.2, 0) is 14.4 Å². The van der Waals surface area contributed by atoms with Gasteiger partial charge >= 0.3 is 5.97 Å². The van der Waals surface area contributed by atoms with E-state index in [1.807, 2.05) is 13.8 Å². The number of aliphatic carboxylic acids is 1. The summed E-state index contributed by atoms with van der Waals surface area (Å²) in [5.41, 5.74) is 0. The number of nitrogens with zero attached hydrogens (tertiary/aromatic N) is 1. The number of amides is 2. The number of carbonyl (C=O) groups excluding carboxylic acids is 2. The number of carboxylic acids is 1. The van der Waals surface area contributed by atoms with E-state index < -0.39 is 18.1 Å². The molecule has 0 aliphatic carbocycles. The van der Waals surface area contributed by atoms with Crippen LogP contribution in [0.5, 0.6) is 0 Å². The van der Waals surface area contributed by atoms with E-state index in [2.05, 4.69) is 5.32 Å². The molecule has 1 heterocycles. The molecule has 0 aromatic rings. The Morgan fingerprint density at radius 1 is 1.29 bits per heavy atom. The molecule has 1 aliphatic heterocycles. The number of hydrogen-bond donors (Lipinski definition) is 2. The summed E-state index contributed by atoms with van der Waals surface area (Å²) in [4.78, 5) is 37.0. The van der Waals surface area contributed by atoms with Crippen LogP contribution in [0.15, 0.2) is 0 Å². The third-order valence-electron chi connectivity index (χ3n) is 3.80. The third-order valence-corrected chi connectivity index (χ3v) is 3.80. The molecule has 21 heavy (non-hydrogen) atoms. The molecule has 2 amide bonds. The van der Waals surface area contributed by atoms with Crippen LogP contribution in [0.4, 0.5) is 0 Å². The highest BCUT2D eigenvalue weighted by atomic mass is 16.4. The van der Waals surface area contributed by atoms with Crippen LogP contribution in [0.3, 0.4) is 0 Å². The molecule has 2 unspecified atom stereocenters. The van der Waals surface area contributed by atoms with E-state index in [4.69, 9.17) is 5.11 Å². The van der Waals surface area contributed by atoms with Crippen molar-refractivity contribution >= 4 is 17.8 Å². The van der Waals surface area contributed by atoms with Crippen molar-refractivity contribution in [2.75, 3.05) is 6.54 Å². The summed E-state index contributed by atoms with van der Waals surface area (Å²) >= 11 is 0. The zero-order chi connectivity index (χ0) is 15.8. The number of nitrogens with one attached hydrogen (secondary N) is 1. The van der Waals surface area contributed by atoms with E-state index >= 15 is 0 Å². The summed E-state index contributed by atoms with van der Waals surface area (Å²) in [6.07, 6.45) is 4.64. The van der Waals surface area contributed by atoms with Gasteiger partial charge < -0.3 is 15.3 Å². The Morgan fingerprint density at radius 2 is 2.00 bits per heavy atom. The molecule has 0 bridgehead atoms. The monoisotopic (exact) mass is 298 g/mol. The van der Waals surface area contributed by atoms with E-state index in [9.17, 15) is 14.4 Å². The van der Waals surface area contributed by atoms with Crippen molar-refractivity contribution in [1.29, 1.82) is 0 Å². The minimum atomic E-state index is -1.01. The summed E-state index contributed by atoms with van der Waals surface area (Å²) in [5, 5.41) is 11.7. The van der Waals surface area contributed by atoms with Crippen LogP contribution in [0, 0.1) is 0 Å². The number of unbranched alkanes of at least 4 members (excludes halogenated alkanes) is 1. The molecule has 2 atom stereocenters. The standard InChI is InChI=1S/C15H26N2O4/c1-3-5-8-11(15(20)21)16-14(19)12-9-6-10-17(12)13(18)7-4-2/h11-12H,3-10H2,1-2H3,(H,16,19)(H,20,21). The molecule has 120 valence electrons. The SMILES string of the molecule is CCCCC(NC(=O)C1CCCN1C(=O)CCC)C(=O)O. The van der Waals surface area contributed by atoms with E-state index in [-0.39, 0.29) is 11.8 Å². The van der Waals surface area contributed by atoms with Crippen molar-refractivity contribution in [2.24, 2.45) is 0 Å². The lowest BCUT2D eigenvalue weighted by Crippen LogP contribution is -2.50. The fraction of sp³-hybridized carbons (Fsp3) is 0.800. The first kappa shape index (κ1) is 17.5. The Morgan fingerprint density at radius 3 is 2.57 bits per heavy atom. The van der Waals surface area contributed by atoms with Crippen LogP contribution < -0.4 is 5.32 Å². The van der Waals surface area contributed by atoms with Crippen LogP contribution >= 0.6 is 0 Å². The topological polar surface area (TPSA) is 86.7 Å². The molecule has 0 saturated carbocycles. The van der Waals surface area contributed by atoms with E-state index in [1.54, 1.807) is 4.90 Å². The molecule has 0 aromatic heterocycles. The maximum absolute atomic E-state index is 12.3. The highest BCUT2D eigenvalue weighted by Crippen LogP contribution is 2.19. The van der Waals surface area contributed by atoms with Gasteiger partial charge in [0.25, 0.3) is 0 Å². The normalized spacial score (nSPS) is 19.3. The minimum Gasteiger partial charge on any atom is -0.480 e. The molecule has 2 N–H and O–H groups in total. The fourth-order valence-corrected chi connectivity index (χ4v) is 2.63.